The average Bonchev–Trinajstić information content (AvgIpc) is 2.60. The molecule has 0 fully saturated rings. The number of amides is 1. The Morgan fingerprint density at radius 3 is 2.71 bits per heavy atom. The Morgan fingerprint density at radius 1 is 1.21 bits per heavy atom. The first-order valence-electron chi connectivity index (χ1n) is 7.93. The highest BCUT2D eigenvalue weighted by molar-refractivity contribution is 5.77. The molecule has 24 heavy (non-hydrogen) atoms. The van der Waals surface area contributed by atoms with Gasteiger partial charge in [-0.2, -0.15) is 0 Å². The van der Waals surface area contributed by atoms with Crippen LogP contribution < -0.4 is 4.74 Å². The number of halogens is 1. The van der Waals surface area contributed by atoms with E-state index in [1.54, 1.807) is 24.1 Å². The quantitative estimate of drug-likeness (QED) is 0.847. The number of ether oxygens (including phenoxy) is 2. The third kappa shape index (κ3) is 3.92. The molecule has 0 radical (unpaired) electrons. The van der Waals surface area contributed by atoms with Crippen LogP contribution in [0.2, 0.25) is 0 Å². The number of likely N-dealkylation sites (N-methyl/N-ethyl adjacent to an activating group) is 1. The molecule has 0 aliphatic carbocycles. The van der Waals surface area contributed by atoms with Crippen molar-refractivity contribution < 1.29 is 18.7 Å². The summed E-state index contributed by atoms with van der Waals surface area (Å²) in [6.07, 6.45) is 0.740. The molecule has 2 aromatic carbocycles. The second-order valence-corrected chi connectivity index (χ2v) is 5.90. The highest BCUT2D eigenvalue weighted by Crippen LogP contribution is 2.21. The number of nitrogens with zero attached hydrogens (tertiary/aromatic N) is 1. The highest BCUT2D eigenvalue weighted by Gasteiger charge is 2.22. The Morgan fingerprint density at radius 2 is 1.92 bits per heavy atom. The number of fused-ring (bicyclic) bond motifs is 1. The molecule has 126 valence electrons. The maximum atomic E-state index is 13.5. The van der Waals surface area contributed by atoms with Crippen LogP contribution in [0.3, 0.4) is 0 Å². The van der Waals surface area contributed by atoms with E-state index in [0.717, 1.165) is 6.42 Å². The van der Waals surface area contributed by atoms with E-state index in [4.69, 9.17) is 9.47 Å². The average molecular weight is 329 g/mol. The van der Waals surface area contributed by atoms with Gasteiger partial charge in [-0.3, -0.25) is 4.79 Å². The van der Waals surface area contributed by atoms with Gasteiger partial charge in [-0.05, 0) is 23.3 Å². The molecule has 0 N–H and O–H groups in total. The van der Waals surface area contributed by atoms with E-state index in [-0.39, 0.29) is 24.4 Å². The molecule has 1 heterocycles. The predicted octanol–water partition coefficient (Wildman–Crippen LogP) is 2.80. The number of para-hydroxylation sites is 1. The molecule has 2 aromatic rings. The SMILES string of the molecule is CN(CC1Cc2ccccc2CO1)C(=O)COc1ccccc1F. The van der Waals surface area contributed by atoms with Gasteiger partial charge in [0, 0.05) is 20.0 Å². The van der Waals surface area contributed by atoms with E-state index >= 15 is 0 Å². The second-order valence-electron chi connectivity index (χ2n) is 5.90. The summed E-state index contributed by atoms with van der Waals surface area (Å²) in [6, 6.07) is 14.2. The zero-order chi connectivity index (χ0) is 16.9. The summed E-state index contributed by atoms with van der Waals surface area (Å²) >= 11 is 0. The lowest BCUT2D eigenvalue weighted by molar-refractivity contribution is -0.134. The summed E-state index contributed by atoms with van der Waals surface area (Å²) in [5.74, 6) is -0.594. The van der Waals surface area contributed by atoms with Crippen LogP contribution >= 0.6 is 0 Å². The van der Waals surface area contributed by atoms with Crippen LogP contribution in [0.4, 0.5) is 4.39 Å². The molecule has 0 bridgehead atoms. The van der Waals surface area contributed by atoms with Crippen molar-refractivity contribution in [1.82, 2.24) is 4.90 Å². The van der Waals surface area contributed by atoms with Gasteiger partial charge in [0.05, 0.1) is 12.7 Å². The van der Waals surface area contributed by atoms with E-state index in [9.17, 15) is 9.18 Å². The Bertz CT molecular complexity index is 719. The molecule has 1 atom stereocenters. The molecule has 5 heteroatoms. The second kappa shape index (κ2) is 7.45. The molecule has 1 amide bonds. The molecule has 0 aromatic heterocycles. The largest absolute Gasteiger partial charge is 0.481 e. The standard InChI is InChI=1S/C19H20FNO3/c1-21(19(22)13-24-18-9-5-4-8-17(18)20)11-16-10-14-6-2-3-7-15(14)12-23-16/h2-9,16H,10-13H2,1H3. The van der Waals surface area contributed by atoms with Gasteiger partial charge in [0.2, 0.25) is 0 Å². The van der Waals surface area contributed by atoms with Crippen molar-refractivity contribution in [2.75, 3.05) is 20.2 Å². The Kier molecular flexibility index (Phi) is 5.11. The van der Waals surface area contributed by atoms with Gasteiger partial charge in [0.25, 0.3) is 5.91 Å². The lowest BCUT2D eigenvalue weighted by Gasteiger charge is -2.29. The van der Waals surface area contributed by atoms with Crippen molar-refractivity contribution in [3.63, 3.8) is 0 Å². The van der Waals surface area contributed by atoms with E-state index in [2.05, 4.69) is 12.1 Å². The Balaban J connectivity index is 1.51. The number of carbonyl (C=O) groups is 1. The van der Waals surface area contributed by atoms with Crippen molar-refractivity contribution in [3.8, 4) is 5.75 Å². The van der Waals surface area contributed by atoms with Gasteiger partial charge < -0.3 is 14.4 Å². The van der Waals surface area contributed by atoms with E-state index in [1.807, 2.05) is 12.1 Å². The molecular weight excluding hydrogens is 309 g/mol. The Labute approximate surface area is 140 Å². The molecule has 0 saturated carbocycles. The summed E-state index contributed by atoms with van der Waals surface area (Å²) in [6.45, 7) is 0.850. The fourth-order valence-electron chi connectivity index (χ4n) is 2.75. The van der Waals surface area contributed by atoms with E-state index in [0.29, 0.717) is 13.2 Å². The first-order chi connectivity index (χ1) is 11.6. The minimum Gasteiger partial charge on any atom is -0.481 e. The minimum absolute atomic E-state index is 0.0395. The molecule has 1 aliphatic rings. The molecule has 4 nitrogen and oxygen atoms in total. The highest BCUT2D eigenvalue weighted by atomic mass is 19.1. The van der Waals surface area contributed by atoms with E-state index in [1.165, 1.54) is 23.3 Å². The van der Waals surface area contributed by atoms with Gasteiger partial charge in [-0.25, -0.2) is 4.39 Å². The predicted molar refractivity (Wildman–Crippen MR) is 88.3 cm³/mol. The maximum Gasteiger partial charge on any atom is 0.260 e. The first-order valence-corrected chi connectivity index (χ1v) is 7.93. The lowest BCUT2D eigenvalue weighted by Crippen LogP contribution is -2.40. The molecule has 0 saturated heterocycles. The lowest BCUT2D eigenvalue weighted by atomic mass is 9.99. The third-order valence-corrected chi connectivity index (χ3v) is 4.13. The van der Waals surface area contributed by atoms with Gasteiger partial charge in [-0.15, -0.1) is 0 Å². The summed E-state index contributed by atoms with van der Waals surface area (Å²) < 4.78 is 24.6. The van der Waals surface area contributed by atoms with Crippen LogP contribution in [0.15, 0.2) is 48.5 Å². The molecule has 1 aliphatic heterocycles. The summed E-state index contributed by atoms with van der Waals surface area (Å²) in [7, 11) is 1.71. The summed E-state index contributed by atoms with van der Waals surface area (Å²) in [4.78, 5) is 13.7. The van der Waals surface area contributed by atoms with E-state index < -0.39 is 5.82 Å². The Hall–Kier alpha value is -2.40. The molecule has 1 unspecified atom stereocenters. The molecule has 0 spiro atoms. The minimum atomic E-state index is -0.472. The monoisotopic (exact) mass is 329 g/mol. The van der Waals surface area contributed by atoms with Crippen LogP contribution in [0.1, 0.15) is 11.1 Å². The van der Waals surface area contributed by atoms with Crippen molar-refractivity contribution in [3.05, 3.63) is 65.5 Å². The van der Waals surface area contributed by atoms with Crippen molar-refractivity contribution in [2.45, 2.75) is 19.1 Å². The normalized spacial score (nSPS) is 16.3. The number of hydrogen-bond donors (Lipinski definition) is 0. The van der Waals surface area contributed by atoms with Crippen molar-refractivity contribution in [1.29, 1.82) is 0 Å². The number of rotatable bonds is 5. The molecule has 3 rings (SSSR count). The van der Waals surface area contributed by atoms with Crippen molar-refractivity contribution >= 4 is 5.91 Å². The topological polar surface area (TPSA) is 38.8 Å². The van der Waals surface area contributed by atoms with Crippen LogP contribution in [0.5, 0.6) is 5.75 Å². The smallest absolute Gasteiger partial charge is 0.260 e. The van der Waals surface area contributed by atoms with Crippen LogP contribution in [-0.4, -0.2) is 37.1 Å². The summed E-state index contributed by atoms with van der Waals surface area (Å²) in [5, 5.41) is 0. The molecular formula is C19H20FNO3. The number of carbonyl (C=O) groups excluding carboxylic acids is 1. The van der Waals surface area contributed by atoms with Gasteiger partial charge in [-0.1, -0.05) is 36.4 Å². The maximum absolute atomic E-state index is 13.5. The van der Waals surface area contributed by atoms with Crippen LogP contribution in [0.25, 0.3) is 0 Å². The van der Waals surface area contributed by atoms with Crippen molar-refractivity contribution in [2.24, 2.45) is 0 Å². The van der Waals surface area contributed by atoms with Gasteiger partial charge in [0.15, 0.2) is 18.2 Å². The zero-order valence-corrected chi connectivity index (χ0v) is 13.6. The van der Waals surface area contributed by atoms with Gasteiger partial charge >= 0.3 is 0 Å². The fourth-order valence-corrected chi connectivity index (χ4v) is 2.75. The first kappa shape index (κ1) is 16.5. The van der Waals surface area contributed by atoms with Crippen LogP contribution in [-0.2, 0) is 22.6 Å². The third-order valence-electron chi connectivity index (χ3n) is 4.13. The summed E-state index contributed by atoms with van der Waals surface area (Å²) in [5.41, 5.74) is 2.46. The van der Waals surface area contributed by atoms with Gasteiger partial charge in [0.1, 0.15) is 0 Å². The fraction of sp³-hybridized carbons (Fsp3) is 0.316. The zero-order valence-electron chi connectivity index (χ0n) is 13.6. The number of hydrogen-bond acceptors (Lipinski definition) is 3. The van der Waals surface area contributed by atoms with Crippen LogP contribution in [0, 0.1) is 5.82 Å². The number of benzene rings is 2.